The Kier molecular flexibility index (Phi) is 3.69. The first-order valence-corrected chi connectivity index (χ1v) is 5.58. The van der Waals surface area contributed by atoms with Crippen LogP contribution >= 0.6 is 15.9 Å². The number of benzene rings is 1. The molecule has 0 aliphatic carbocycles. The van der Waals surface area contributed by atoms with Gasteiger partial charge in [0.15, 0.2) is 0 Å². The van der Waals surface area contributed by atoms with Crippen LogP contribution in [-0.4, -0.2) is 9.96 Å². The molecule has 0 saturated carbocycles. The standard InChI is InChI=1S/C9H9BrOS/c1-8(10)7-12(11)9-5-3-2-4-6-9/h2-6H,1,7H2. The zero-order chi connectivity index (χ0) is 8.97. The maximum atomic E-state index is 11.5. The average Bonchev–Trinajstić information content (AvgIpc) is 2.05. The van der Waals surface area contributed by atoms with Gasteiger partial charge in [-0.25, -0.2) is 0 Å². The first-order chi connectivity index (χ1) is 5.70. The lowest BCUT2D eigenvalue weighted by atomic mass is 10.4. The Bertz CT molecular complexity index is 295. The van der Waals surface area contributed by atoms with Gasteiger partial charge in [-0.3, -0.25) is 4.21 Å². The summed E-state index contributed by atoms with van der Waals surface area (Å²) in [6.45, 7) is 3.64. The van der Waals surface area contributed by atoms with Crippen LogP contribution in [0.5, 0.6) is 0 Å². The number of halogens is 1. The molecule has 0 fully saturated rings. The number of rotatable bonds is 3. The SMILES string of the molecule is C=C(Br)CS(=O)c1ccccc1. The molecular formula is C9H9BrOS. The highest BCUT2D eigenvalue weighted by molar-refractivity contribution is 9.11. The van der Waals surface area contributed by atoms with Gasteiger partial charge in [0.1, 0.15) is 0 Å². The van der Waals surface area contributed by atoms with Crippen LogP contribution in [0.3, 0.4) is 0 Å². The zero-order valence-electron chi connectivity index (χ0n) is 6.50. The minimum Gasteiger partial charge on any atom is -0.254 e. The molecular weight excluding hydrogens is 236 g/mol. The molecule has 12 heavy (non-hydrogen) atoms. The zero-order valence-corrected chi connectivity index (χ0v) is 8.90. The van der Waals surface area contributed by atoms with Crippen LogP contribution in [0.1, 0.15) is 0 Å². The van der Waals surface area contributed by atoms with Gasteiger partial charge in [-0.05, 0) is 12.1 Å². The number of hydrogen-bond donors (Lipinski definition) is 0. The van der Waals surface area contributed by atoms with Gasteiger partial charge in [-0.15, -0.1) is 0 Å². The third kappa shape index (κ3) is 2.91. The van der Waals surface area contributed by atoms with Gasteiger partial charge in [0.2, 0.25) is 0 Å². The quantitative estimate of drug-likeness (QED) is 0.800. The highest BCUT2D eigenvalue weighted by atomic mass is 79.9. The summed E-state index contributed by atoms with van der Waals surface area (Å²) in [5, 5.41) is 0. The number of hydrogen-bond acceptors (Lipinski definition) is 1. The normalized spacial score (nSPS) is 12.4. The van der Waals surface area contributed by atoms with Gasteiger partial charge in [0, 0.05) is 9.38 Å². The van der Waals surface area contributed by atoms with Gasteiger partial charge >= 0.3 is 0 Å². The van der Waals surface area contributed by atoms with Crippen LogP contribution in [0.2, 0.25) is 0 Å². The molecule has 0 N–H and O–H groups in total. The van der Waals surface area contributed by atoms with Crippen molar-refractivity contribution in [3.63, 3.8) is 0 Å². The van der Waals surface area contributed by atoms with Crippen molar-refractivity contribution in [2.45, 2.75) is 4.90 Å². The van der Waals surface area contributed by atoms with E-state index in [0.717, 1.165) is 9.38 Å². The summed E-state index contributed by atoms with van der Waals surface area (Å²) in [6.07, 6.45) is 0. The van der Waals surface area contributed by atoms with Crippen LogP contribution in [0, 0.1) is 0 Å². The molecule has 1 aromatic rings. The maximum absolute atomic E-state index is 11.5. The summed E-state index contributed by atoms with van der Waals surface area (Å²) < 4.78 is 12.2. The molecule has 0 aromatic heterocycles. The van der Waals surface area contributed by atoms with E-state index in [-0.39, 0.29) is 0 Å². The fraction of sp³-hybridized carbons (Fsp3) is 0.111. The van der Waals surface area contributed by atoms with E-state index < -0.39 is 10.8 Å². The van der Waals surface area contributed by atoms with E-state index >= 15 is 0 Å². The van der Waals surface area contributed by atoms with Crippen molar-refractivity contribution in [3.8, 4) is 0 Å². The molecule has 0 bridgehead atoms. The first-order valence-electron chi connectivity index (χ1n) is 3.47. The van der Waals surface area contributed by atoms with Gasteiger partial charge in [0.05, 0.1) is 16.6 Å². The summed E-state index contributed by atoms with van der Waals surface area (Å²) in [5.74, 6) is 0.476. The molecule has 3 heteroatoms. The smallest absolute Gasteiger partial charge is 0.0592 e. The molecule has 1 rings (SSSR count). The van der Waals surface area contributed by atoms with E-state index in [1.54, 1.807) is 0 Å². The fourth-order valence-corrected chi connectivity index (χ4v) is 2.33. The van der Waals surface area contributed by atoms with E-state index in [9.17, 15) is 4.21 Å². The maximum Gasteiger partial charge on any atom is 0.0592 e. The molecule has 1 atom stereocenters. The van der Waals surface area contributed by atoms with Gasteiger partial charge in [0.25, 0.3) is 0 Å². The Balaban J connectivity index is 2.73. The second-order valence-electron chi connectivity index (χ2n) is 2.32. The molecule has 64 valence electrons. The summed E-state index contributed by atoms with van der Waals surface area (Å²) in [6, 6.07) is 9.37. The van der Waals surface area contributed by atoms with Gasteiger partial charge < -0.3 is 0 Å². The molecule has 0 radical (unpaired) electrons. The molecule has 0 saturated heterocycles. The second kappa shape index (κ2) is 4.58. The van der Waals surface area contributed by atoms with Crippen molar-refractivity contribution >= 4 is 26.7 Å². The van der Waals surface area contributed by atoms with Crippen LogP contribution in [-0.2, 0) is 10.8 Å². The Morgan fingerprint density at radius 1 is 1.42 bits per heavy atom. The minimum absolute atomic E-state index is 0.476. The summed E-state index contributed by atoms with van der Waals surface area (Å²) in [7, 11) is -0.960. The molecule has 1 unspecified atom stereocenters. The van der Waals surface area contributed by atoms with Gasteiger partial charge in [-0.1, -0.05) is 40.7 Å². The topological polar surface area (TPSA) is 17.1 Å². The molecule has 0 aliphatic heterocycles. The molecule has 0 spiro atoms. The van der Waals surface area contributed by atoms with Crippen molar-refractivity contribution in [3.05, 3.63) is 41.4 Å². The second-order valence-corrected chi connectivity index (χ2v) is 4.89. The average molecular weight is 245 g/mol. The van der Waals surface area contributed by atoms with Crippen LogP contribution in [0.25, 0.3) is 0 Å². The Morgan fingerprint density at radius 3 is 2.50 bits per heavy atom. The van der Waals surface area contributed by atoms with E-state index in [0.29, 0.717) is 5.75 Å². The van der Waals surface area contributed by atoms with Gasteiger partial charge in [-0.2, -0.15) is 0 Å². The predicted octanol–water partition coefficient (Wildman–Crippen LogP) is 2.70. The lowest BCUT2D eigenvalue weighted by Gasteiger charge is -1.98. The van der Waals surface area contributed by atoms with Crippen LogP contribution in [0.4, 0.5) is 0 Å². The molecule has 0 heterocycles. The Labute approximate surface area is 83.1 Å². The van der Waals surface area contributed by atoms with Crippen molar-refractivity contribution in [1.82, 2.24) is 0 Å². The Hall–Kier alpha value is -0.410. The largest absolute Gasteiger partial charge is 0.254 e. The summed E-state index contributed by atoms with van der Waals surface area (Å²) >= 11 is 3.18. The highest BCUT2D eigenvalue weighted by Crippen LogP contribution is 2.10. The van der Waals surface area contributed by atoms with E-state index in [2.05, 4.69) is 22.5 Å². The molecule has 1 nitrogen and oxygen atoms in total. The molecule has 1 aromatic carbocycles. The third-order valence-electron chi connectivity index (χ3n) is 1.29. The van der Waals surface area contributed by atoms with Crippen molar-refractivity contribution < 1.29 is 4.21 Å². The summed E-state index contributed by atoms with van der Waals surface area (Å²) in [4.78, 5) is 0.845. The lowest BCUT2D eigenvalue weighted by molar-refractivity contribution is 0.685. The van der Waals surface area contributed by atoms with Crippen LogP contribution < -0.4 is 0 Å². The monoisotopic (exact) mass is 244 g/mol. The van der Waals surface area contributed by atoms with Crippen molar-refractivity contribution in [2.24, 2.45) is 0 Å². The third-order valence-corrected chi connectivity index (χ3v) is 3.35. The lowest BCUT2D eigenvalue weighted by Crippen LogP contribution is -1.96. The predicted molar refractivity (Wildman–Crippen MR) is 55.8 cm³/mol. The van der Waals surface area contributed by atoms with E-state index in [4.69, 9.17) is 0 Å². The highest BCUT2D eigenvalue weighted by Gasteiger charge is 2.02. The molecule has 0 aliphatic rings. The van der Waals surface area contributed by atoms with Crippen LogP contribution in [0.15, 0.2) is 46.3 Å². The van der Waals surface area contributed by atoms with Crippen molar-refractivity contribution in [2.75, 3.05) is 5.75 Å². The fourth-order valence-electron chi connectivity index (χ4n) is 0.798. The van der Waals surface area contributed by atoms with E-state index in [1.807, 2.05) is 30.3 Å². The summed E-state index contributed by atoms with van der Waals surface area (Å²) in [5.41, 5.74) is 0. The minimum atomic E-state index is -0.960. The molecule has 0 amide bonds. The first kappa shape index (κ1) is 9.68. The van der Waals surface area contributed by atoms with E-state index in [1.165, 1.54) is 0 Å². The van der Waals surface area contributed by atoms with Crippen molar-refractivity contribution in [1.29, 1.82) is 0 Å². The Morgan fingerprint density at radius 2 is 2.00 bits per heavy atom.